The van der Waals surface area contributed by atoms with Gasteiger partial charge >= 0.3 is 0 Å². The van der Waals surface area contributed by atoms with Gasteiger partial charge < -0.3 is 15.5 Å². The smallest absolute Gasteiger partial charge is 0.237 e. The van der Waals surface area contributed by atoms with Gasteiger partial charge in [-0.05, 0) is 53.4 Å². The van der Waals surface area contributed by atoms with E-state index in [1.165, 1.54) is 6.42 Å². The maximum Gasteiger partial charge on any atom is 0.237 e. The first-order chi connectivity index (χ1) is 7.59. The van der Waals surface area contributed by atoms with E-state index >= 15 is 0 Å². The zero-order chi connectivity index (χ0) is 12.0. The molecule has 2 N–H and O–H groups in total. The Labute approximate surface area is 98.8 Å². The molecule has 1 saturated heterocycles. The van der Waals surface area contributed by atoms with Crippen LogP contribution in [0.5, 0.6) is 0 Å². The highest BCUT2D eigenvalue weighted by Crippen LogP contribution is 2.07. The standard InChI is InChI=1S/C12H25N3O/c1-10(7-9-15(2)3)14-12(16)11-6-4-5-8-13-11/h10-11,13H,4-9H2,1-3H3,(H,14,16). The van der Waals surface area contributed by atoms with Gasteiger partial charge in [0.25, 0.3) is 0 Å². The van der Waals surface area contributed by atoms with Gasteiger partial charge in [-0.25, -0.2) is 0 Å². The van der Waals surface area contributed by atoms with Gasteiger partial charge in [-0.2, -0.15) is 0 Å². The highest BCUT2D eigenvalue weighted by Gasteiger charge is 2.21. The number of piperidine rings is 1. The lowest BCUT2D eigenvalue weighted by Crippen LogP contribution is -2.49. The Bertz CT molecular complexity index is 212. The molecule has 0 aromatic rings. The first-order valence-electron chi connectivity index (χ1n) is 6.28. The van der Waals surface area contributed by atoms with Crippen LogP contribution in [0.25, 0.3) is 0 Å². The molecule has 0 aliphatic carbocycles. The zero-order valence-electron chi connectivity index (χ0n) is 10.8. The molecule has 0 saturated carbocycles. The van der Waals surface area contributed by atoms with E-state index < -0.39 is 0 Å². The van der Waals surface area contributed by atoms with Gasteiger partial charge in [0.2, 0.25) is 5.91 Å². The molecule has 1 fully saturated rings. The van der Waals surface area contributed by atoms with Crippen LogP contribution in [0, 0.1) is 0 Å². The second kappa shape index (κ2) is 6.86. The fraction of sp³-hybridized carbons (Fsp3) is 0.917. The van der Waals surface area contributed by atoms with Crippen LogP contribution in [0.2, 0.25) is 0 Å². The summed E-state index contributed by atoms with van der Waals surface area (Å²) in [5.41, 5.74) is 0. The quantitative estimate of drug-likeness (QED) is 0.722. The number of hydrogen-bond donors (Lipinski definition) is 2. The summed E-state index contributed by atoms with van der Waals surface area (Å²) in [5.74, 6) is 0.172. The summed E-state index contributed by atoms with van der Waals surface area (Å²) in [6.45, 7) is 4.06. The number of amides is 1. The van der Waals surface area contributed by atoms with E-state index in [-0.39, 0.29) is 18.0 Å². The van der Waals surface area contributed by atoms with E-state index in [1.807, 2.05) is 0 Å². The predicted octanol–water partition coefficient (Wildman–Crippen LogP) is 0.585. The molecule has 1 heterocycles. The monoisotopic (exact) mass is 227 g/mol. The van der Waals surface area contributed by atoms with Crippen molar-refractivity contribution in [3.63, 3.8) is 0 Å². The van der Waals surface area contributed by atoms with Crippen molar-refractivity contribution in [3.8, 4) is 0 Å². The number of nitrogens with one attached hydrogen (secondary N) is 2. The van der Waals surface area contributed by atoms with Gasteiger partial charge in [0.1, 0.15) is 0 Å². The Hall–Kier alpha value is -0.610. The van der Waals surface area contributed by atoms with Crippen LogP contribution in [0.15, 0.2) is 0 Å². The summed E-state index contributed by atoms with van der Waals surface area (Å²) >= 11 is 0. The average Bonchev–Trinajstić information content (AvgIpc) is 2.27. The summed E-state index contributed by atoms with van der Waals surface area (Å²) in [4.78, 5) is 14.0. The van der Waals surface area contributed by atoms with Gasteiger partial charge in [-0.15, -0.1) is 0 Å². The van der Waals surface area contributed by atoms with E-state index in [4.69, 9.17) is 0 Å². The molecule has 0 spiro atoms. The molecule has 0 aromatic heterocycles. The zero-order valence-corrected chi connectivity index (χ0v) is 10.8. The Balaban J connectivity index is 2.21. The fourth-order valence-corrected chi connectivity index (χ4v) is 1.94. The molecular formula is C12H25N3O. The molecular weight excluding hydrogens is 202 g/mol. The Kier molecular flexibility index (Phi) is 5.77. The molecule has 4 heteroatoms. The third-order valence-electron chi connectivity index (χ3n) is 3.02. The number of nitrogens with zero attached hydrogens (tertiary/aromatic N) is 1. The minimum absolute atomic E-state index is 0.0376. The number of hydrogen-bond acceptors (Lipinski definition) is 3. The maximum atomic E-state index is 11.9. The minimum atomic E-state index is 0.0376. The van der Waals surface area contributed by atoms with Crippen molar-refractivity contribution in [1.29, 1.82) is 0 Å². The summed E-state index contributed by atoms with van der Waals surface area (Å²) in [5, 5.41) is 6.34. The molecule has 0 bridgehead atoms. The maximum absolute atomic E-state index is 11.9. The fourth-order valence-electron chi connectivity index (χ4n) is 1.94. The molecule has 2 unspecified atom stereocenters. The molecule has 0 aromatic carbocycles. The first kappa shape index (κ1) is 13.5. The van der Waals surface area contributed by atoms with Crippen LogP contribution >= 0.6 is 0 Å². The normalized spacial score (nSPS) is 23.1. The molecule has 16 heavy (non-hydrogen) atoms. The van der Waals surface area contributed by atoms with Crippen molar-refractivity contribution in [2.24, 2.45) is 0 Å². The number of carbonyl (C=O) groups is 1. The van der Waals surface area contributed by atoms with Crippen LogP contribution in [-0.2, 0) is 4.79 Å². The lowest BCUT2D eigenvalue weighted by molar-refractivity contribution is -0.124. The molecule has 94 valence electrons. The molecule has 1 aliphatic heterocycles. The van der Waals surface area contributed by atoms with Crippen molar-refractivity contribution in [1.82, 2.24) is 15.5 Å². The summed E-state index contributed by atoms with van der Waals surface area (Å²) in [6.07, 6.45) is 4.34. The minimum Gasteiger partial charge on any atom is -0.352 e. The van der Waals surface area contributed by atoms with E-state index in [1.54, 1.807) is 0 Å². The Morgan fingerprint density at radius 3 is 2.81 bits per heavy atom. The predicted molar refractivity (Wildman–Crippen MR) is 66.4 cm³/mol. The highest BCUT2D eigenvalue weighted by molar-refractivity contribution is 5.82. The topological polar surface area (TPSA) is 44.4 Å². The van der Waals surface area contributed by atoms with Crippen LogP contribution in [0.4, 0.5) is 0 Å². The second-order valence-corrected chi connectivity index (χ2v) is 5.00. The summed E-state index contributed by atoms with van der Waals surface area (Å²) < 4.78 is 0. The van der Waals surface area contributed by atoms with Crippen LogP contribution in [0.1, 0.15) is 32.6 Å². The van der Waals surface area contributed by atoms with Crippen molar-refractivity contribution in [2.45, 2.75) is 44.7 Å². The van der Waals surface area contributed by atoms with Crippen LogP contribution < -0.4 is 10.6 Å². The van der Waals surface area contributed by atoms with Gasteiger partial charge in [-0.1, -0.05) is 6.42 Å². The molecule has 1 rings (SSSR count). The lowest BCUT2D eigenvalue weighted by Gasteiger charge is -2.25. The molecule has 1 amide bonds. The Morgan fingerprint density at radius 1 is 1.50 bits per heavy atom. The largest absolute Gasteiger partial charge is 0.352 e. The van der Waals surface area contributed by atoms with Gasteiger partial charge in [0, 0.05) is 6.04 Å². The van der Waals surface area contributed by atoms with E-state index in [0.29, 0.717) is 0 Å². The lowest BCUT2D eigenvalue weighted by atomic mass is 10.0. The van der Waals surface area contributed by atoms with Crippen LogP contribution in [-0.4, -0.2) is 50.1 Å². The third kappa shape index (κ3) is 4.94. The SMILES string of the molecule is CC(CCN(C)C)NC(=O)C1CCCCN1. The van der Waals surface area contributed by atoms with Gasteiger partial charge in [0.15, 0.2) is 0 Å². The Morgan fingerprint density at radius 2 is 2.25 bits per heavy atom. The van der Waals surface area contributed by atoms with Crippen molar-refractivity contribution >= 4 is 5.91 Å². The second-order valence-electron chi connectivity index (χ2n) is 5.00. The van der Waals surface area contributed by atoms with Crippen LogP contribution in [0.3, 0.4) is 0 Å². The highest BCUT2D eigenvalue weighted by atomic mass is 16.2. The van der Waals surface area contributed by atoms with E-state index in [2.05, 4.69) is 36.6 Å². The summed E-state index contributed by atoms with van der Waals surface area (Å²) in [6, 6.07) is 0.300. The van der Waals surface area contributed by atoms with Crippen molar-refractivity contribution in [3.05, 3.63) is 0 Å². The molecule has 1 aliphatic rings. The van der Waals surface area contributed by atoms with Crippen molar-refractivity contribution < 1.29 is 4.79 Å². The average molecular weight is 227 g/mol. The first-order valence-corrected chi connectivity index (χ1v) is 6.28. The molecule has 2 atom stereocenters. The van der Waals surface area contributed by atoms with Crippen molar-refractivity contribution in [2.75, 3.05) is 27.2 Å². The van der Waals surface area contributed by atoms with E-state index in [0.717, 1.165) is 32.4 Å². The number of rotatable bonds is 5. The molecule has 4 nitrogen and oxygen atoms in total. The molecule has 0 radical (unpaired) electrons. The summed E-state index contributed by atoms with van der Waals surface area (Å²) in [7, 11) is 4.11. The van der Waals surface area contributed by atoms with E-state index in [9.17, 15) is 4.79 Å². The third-order valence-corrected chi connectivity index (χ3v) is 3.02. The number of carbonyl (C=O) groups excluding carboxylic acids is 1. The van der Waals surface area contributed by atoms with Gasteiger partial charge in [0.05, 0.1) is 6.04 Å². The van der Waals surface area contributed by atoms with Gasteiger partial charge in [-0.3, -0.25) is 4.79 Å².